The molecule has 11 heteroatoms. The largest absolute Gasteiger partial charge is 0.448 e. The molecular formula is C16H17N7O4. The first kappa shape index (κ1) is 18.2. The second-order valence-corrected chi connectivity index (χ2v) is 5.96. The van der Waals surface area contributed by atoms with Crippen LogP contribution in [0.2, 0.25) is 0 Å². The molecule has 0 spiro atoms. The summed E-state index contributed by atoms with van der Waals surface area (Å²) in [5.41, 5.74) is 7.51. The summed E-state index contributed by atoms with van der Waals surface area (Å²) in [7, 11) is 0. The molecule has 2 amide bonds. The highest BCUT2D eigenvalue weighted by Gasteiger charge is 2.49. The summed E-state index contributed by atoms with van der Waals surface area (Å²) in [5, 5.41) is 20.4. The number of nitrogens with zero attached hydrogens (tertiary/aromatic N) is 4. The lowest BCUT2D eigenvalue weighted by molar-refractivity contribution is -0.151. The van der Waals surface area contributed by atoms with Crippen molar-refractivity contribution < 1.29 is 19.1 Å². The molecule has 11 nitrogen and oxygen atoms in total. The van der Waals surface area contributed by atoms with Gasteiger partial charge in [0.1, 0.15) is 6.26 Å². The van der Waals surface area contributed by atoms with Gasteiger partial charge in [-0.3, -0.25) is 20.0 Å². The average molecular weight is 371 g/mol. The predicted molar refractivity (Wildman–Crippen MR) is 94.5 cm³/mol. The number of carbonyl (C=O) groups is 2. The Kier molecular flexibility index (Phi) is 4.94. The minimum Gasteiger partial charge on any atom is -0.448 e. The Balaban J connectivity index is 1.58. The predicted octanol–water partition coefficient (Wildman–Crippen LogP) is -0.620. The lowest BCUT2D eigenvalue weighted by Gasteiger charge is -2.43. The number of rotatable bonds is 7. The summed E-state index contributed by atoms with van der Waals surface area (Å²) >= 11 is 0. The van der Waals surface area contributed by atoms with E-state index in [1.54, 1.807) is 18.3 Å². The molecule has 1 aliphatic rings. The van der Waals surface area contributed by atoms with Gasteiger partial charge in [-0.25, -0.2) is 4.98 Å². The van der Waals surface area contributed by atoms with Crippen molar-refractivity contribution in [3.05, 3.63) is 41.9 Å². The highest BCUT2D eigenvalue weighted by Crippen LogP contribution is 2.22. The van der Waals surface area contributed by atoms with E-state index in [2.05, 4.69) is 20.5 Å². The van der Waals surface area contributed by atoms with Gasteiger partial charge in [0, 0.05) is 11.9 Å². The SMILES string of the molecule is N=C/C=N\Nc1ccc(Cc2nc(C(=O)N3CC(O)(C(N)=O)C3)co2)nc1. The van der Waals surface area contributed by atoms with Gasteiger partial charge in [-0.1, -0.05) is 0 Å². The Labute approximate surface area is 153 Å². The van der Waals surface area contributed by atoms with E-state index in [1.165, 1.54) is 17.4 Å². The van der Waals surface area contributed by atoms with Crippen molar-refractivity contribution in [1.82, 2.24) is 14.9 Å². The summed E-state index contributed by atoms with van der Waals surface area (Å²) in [4.78, 5) is 33.0. The number of β-amino-alcohol motifs (C(OH)–C–C–N with tert-alkyl or cyclic N) is 1. The summed E-state index contributed by atoms with van der Waals surface area (Å²) in [6.07, 6.45) is 5.41. The van der Waals surface area contributed by atoms with Crippen LogP contribution < -0.4 is 11.2 Å². The minimum absolute atomic E-state index is 0.0794. The van der Waals surface area contributed by atoms with Crippen LogP contribution >= 0.6 is 0 Å². The number of nitrogens with two attached hydrogens (primary N) is 1. The van der Waals surface area contributed by atoms with Crippen LogP contribution in [0, 0.1) is 5.41 Å². The zero-order valence-corrected chi connectivity index (χ0v) is 14.1. The van der Waals surface area contributed by atoms with Crippen LogP contribution in [-0.2, 0) is 11.2 Å². The maximum atomic E-state index is 12.3. The van der Waals surface area contributed by atoms with Crippen molar-refractivity contribution >= 4 is 29.9 Å². The Morgan fingerprint density at radius 3 is 2.89 bits per heavy atom. The Morgan fingerprint density at radius 1 is 1.48 bits per heavy atom. The first-order valence-corrected chi connectivity index (χ1v) is 7.90. The Morgan fingerprint density at radius 2 is 2.26 bits per heavy atom. The molecule has 0 aliphatic carbocycles. The van der Waals surface area contributed by atoms with Crippen LogP contribution in [0.15, 0.2) is 34.1 Å². The van der Waals surface area contributed by atoms with E-state index in [1.807, 2.05) is 0 Å². The molecular weight excluding hydrogens is 354 g/mol. The summed E-state index contributed by atoms with van der Waals surface area (Å²) in [6.45, 7) is -0.334. The van der Waals surface area contributed by atoms with Gasteiger partial charge < -0.3 is 25.6 Å². The molecule has 0 radical (unpaired) electrons. The van der Waals surface area contributed by atoms with E-state index >= 15 is 0 Å². The van der Waals surface area contributed by atoms with Gasteiger partial charge in [-0.2, -0.15) is 5.10 Å². The van der Waals surface area contributed by atoms with E-state index < -0.39 is 17.4 Å². The number of likely N-dealkylation sites (tertiary alicyclic amines) is 1. The van der Waals surface area contributed by atoms with E-state index in [-0.39, 0.29) is 25.2 Å². The first-order valence-electron chi connectivity index (χ1n) is 7.90. The first-order chi connectivity index (χ1) is 12.9. The van der Waals surface area contributed by atoms with E-state index in [4.69, 9.17) is 15.6 Å². The lowest BCUT2D eigenvalue weighted by atomic mass is 9.93. The van der Waals surface area contributed by atoms with E-state index in [0.29, 0.717) is 17.3 Å². The molecule has 1 fully saturated rings. The normalized spacial score (nSPS) is 15.4. The van der Waals surface area contributed by atoms with Crippen molar-refractivity contribution in [2.75, 3.05) is 18.5 Å². The molecule has 2 aromatic heterocycles. The third-order valence-electron chi connectivity index (χ3n) is 3.92. The third kappa shape index (κ3) is 3.98. The van der Waals surface area contributed by atoms with Crippen molar-refractivity contribution in [3.63, 3.8) is 0 Å². The van der Waals surface area contributed by atoms with Crippen molar-refractivity contribution in [2.24, 2.45) is 10.8 Å². The fraction of sp³-hybridized carbons (Fsp3) is 0.250. The average Bonchev–Trinajstić information content (AvgIpc) is 3.08. The van der Waals surface area contributed by atoms with Crippen LogP contribution in [-0.4, -0.2) is 62.9 Å². The van der Waals surface area contributed by atoms with Gasteiger partial charge in [0.15, 0.2) is 11.3 Å². The standard InChI is InChI=1S/C16H17N7O4/c17-3-4-20-22-11-2-1-10(19-6-11)5-13-21-12(7-27-13)14(24)23-8-16(26,9-23)15(18)25/h1-4,6-7,17,22,26H,5,8-9H2,(H2,18,25)/b17-3?,20-4-. The van der Waals surface area contributed by atoms with Crippen LogP contribution in [0.25, 0.3) is 0 Å². The maximum absolute atomic E-state index is 12.3. The van der Waals surface area contributed by atoms with E-state index in [9.17, 15) is 14.7 Å². The van der Waals surface area contributed by atoms with E-state index in [0.717, 1.165) is 6.21 Å². The molecule has 0 saturated carbocycles. The maximum Gasteiger partial charge on any atom is 0.276 e. The number of pyridine rings is 1. The van der Waals surface area contributed by atoms with Crippen LogP contribution in [0.5, 0.6) is 0 Å². The number of oxazole rings is 1. The number of amides is 2. The number of nitrogens with one attached hydrogen (secondary N) is 2. The van der Waals surface area contributed by atoms with Crippen LogP contribution in [0.1, 0.15) is 22.1 Å². The molecule has 1 saturated heterocycles. The molecule has 3 heterocycles. The van der Waals surface area contributed by atoms with Crippen molar-refractivity contribution in [3.8, 4) is 0 Å². The van der Waals surface area contributed by atoms with Gasteiger partial charge in [-0.05, 0) is 12.1 Å². The Hall–Kier alpha value is -3.60. The third-order valence-corrected chi connectivity index (χ3v) is 3.92. The second-order valence-electron chi connectivity index (χ2n) is 5.96. The second kappa shape index (κ2) is 7.33. The molecule has 27 heavy (non-hydrogen) atoms. The molecule has 5 N–H and O–H groups in total. The number of anilines is 1. The van der Waals surface area contributed by atoms with Crippen LogP contribution in [0.3, 0.4) is 0 Å². The highest BCUT2D eigenvalue weighted by molar-refractivity contribution is 6.14. The van der Waals surface area contributed by atoms with Crippen LogP contribution in [0.4, 0.5) is 5.69 Å². The van der Waals surface area contributed by atoms with Gasteiger partial charge in [-0.15, -0.1) is 0 Å². The van der Waals surface area contributed by atoms with Gasteiger partial charge in [0.2, 0.25) is 5.89 Å². The number of aromatic nitrogens is 2. The van der Waals surface area contributed by atoms with Gasteiger partial charge >= 0.3 is 0 Å². The fourth-order valence-corrected chi connectivity index (χ4v) is 2.44. The lowest BCUT2D eigenvalue weighted by Crippen LogP contribution is -2.69. The zero-order chi connectivity index (χ0) is 19.4. The molecule has 0 aromatic carbocycles. The Bertz CT molecular complexity index is 884. The molecule has 0 atom stereocenters. The monoisotopic (exact) mass is 371 g/mol. The molecule has 0 unspecified atom stereocenters. The minimum atomic E-state index is -1.68. The molecule has 2 aromatic rings. The number of hydrazone groups is 1. The number of hydrogen-bond acceptors (Lipinski definition) is 9. The molecule has 0 bridgehead atoms. The topological polar surface area (TPSA) is 171 Å². The molecule has 1 aliphatic heterocycles. The summed E-state index contributed by atoms with van der Waals surface area (Å²) in [6, 6.07) is 3.50. The quantitative estimate of drug-likeness (QED) is 0.371. The molecule has 140 valence electrons. The summed E-state index contributed by atoms with van der Waals surface area (Å²) < 4.78 is 5.30. The van der Waals surface area contributed by atoms with Crippen molar-refractivity contribution in [2.45, 2.75) is 12.0 Å². The van der Waals surface area contributed by atoms with Gasteiger partial charge in [0.05, 0.1) is 37.6 Å². The molecule has 3 rings (SSSR count). The zero-order valence-electron chi connectivity index (χ0n) is 14.1. The number of carbonyl (C=O) groups excluding carboxylic acids is 2. The van der Waals surface area contributed by atoms with Crippen molar-refractivity contribution in [1.29, 1.82) is 5.41 Å². The fourth-order valence-electron chi connectivity index (χ4n) is 2.44. The van der Waals surface area contributed by atoms with Gasteiger partial charge in [0.25, 0.3) is 11.8 Å². The smallest absolute Gasteiger partial charge is 0.276 e. The number of hydrogen-bond donors (Lipinski definition) is 4. The number of aliphatic hydroxyl groups is 1. The summed E-state index contributed by atoms with van der Waals surface area (Å²) in [5.74, 6) is -1.01. The highest BCUT2D eigenvalue weighted by atomic mass is 16.3. The number of primary amides is 1.